The van der Waals surface area contributed by atoms with Gasteiger partial charge in [-0.15, -0.1) is 0 Å². The Morgan fingerprint density at radius 1 is 1.19 bits per heavy atom. The molecule has 2 N–H and O–H groups in total. The van der Waals surface area contributed by atoms with Gasteiger partial charge in [0, 0.05) is 29.2 Å². The van der Waals surface area contributed by atoms with Gasteiger partial charge in [-0.05, 0) is 5.56 Å². The molecule has 3 nitrogen and oxygen atoms in total. The second kappa shape index (κ2) is 4.45. The zero-order valence-electron chi connectivity index (χ0n) is 8.72. The van der Waals surface area contributed by atoms with Crippen LogP contribution in [0.25, 0.3) is 11.1 Å². The average Bonchev–Trinajstić information content (AvgIpc) is 2.33. The molecule has 0 saturated carbocycles. The van der Waals surface area contributed by atoms with E-state index in [0.717, 1.165) is 16.7 Å². The number of rotatable bonds is 2. The van der Waals surface area contributed by atoms with Crippen LogP contribution in [-0.4, -0.2) is 4.98 Å². The number of nitriles is 1. The van der Waals surface area contributed by atoms with Gasteiger partial charge in [-0.1, -0.05) is 30.3 Å². The zero-order valence-corrected chi connectivity index (χ0v) is 8.72. The summed E-state index contributed by atoms with van der Waals surface area (Å²) in [5, 5.41) is 8.67. The van der Waals surface area contributed by atoms with Crippen molar-refractivity contribution in [3.05, 3.63) is 48.3 Å². The van der Waals surface area contributed by atoms with E-state index in [0.29, 0.717) is 12.1 Å². The summed E-state index contributed by atoms with van der Waals surface area (Å²) in [6.45, 7) is 0. The lowest BCUT2D eigenvalue weighted by Crippen LogP contribution is -1.97. The van der Waals surface area contributed by atoms with Gasteiger partial charge in [-0.3, -0.25) is 4.98 Å². The summed E-state index contributed by atoms with van der Waals surface area (Å²) in [5.41, 5.74) is 9.34. The lowest BCUT2D eigenvalue weighted by Gasteiger charge is -2.08. The molecular weight excluding hydrogens is 198 g/mol. The van der Waals surface area contributed by atoms with Crippen molar-refractivity contribution >= 4 is 5.69 Å². The number of nitrogens with two attached hydrogens (primary N) is 1. The smallest absolute Gasteiger partial charge is 0.0671 e. The second-order valence-electron chi connectivity index (χ2n) is 3.46. The molecule has 78 valence electrons. The van der Waals surface area contributed by atoms with Gasteiger partial charge < -0.3 is 5.73 Å². The van der Waals surface area contributed by atoms with Crippen molar-refractivity contribution in [2.24, 2.45) is 0 Å². The second-order valence-corrected chi connectivity index (χ2v) is 3.46. The maximum Gasteiger partial charge on any atom is 0.0671 e. The maximum absolute atomic E-state index is 8.67. The lowest BCUT2D eigenvalue weighted by molar-refractivity contribution is 1.20. The Morgan fingerprint density at radius 3 is 2.62 bits per heavy atom. The van der Waals surface area contributed by atoms with E-state index < -0.39 is 0 Å². The van der Waals surface area contributed by atoms with Crippen molar-refractivity contribution in [2.45, 2.75) is 6.42 Å². The third kappa shape index (κ3) is 1.86. The molecule has 0 fully saturated rings. The van der Waals surface area contributed by atoms with Crippen LogP contribution in [0.1, 0.15) is 5.56 Å². The van der Waals surface area contributed by atoms with Gasteiger partial charge in [-0.2, -0.15) is 5.26 Å². The highest BCUT2D eigenvalue weighted by atomic mass is 14.7. The van der Waals surface area contributed by atoms with Crippen LogP contribution in [0.4, 0.5) is 5.69 Å². The summed E-state index contributed by atoms with van der Waals surface area (Å²) in [6.07, 6.45) is 3.66. The molecule has 16 heavy (non-hydrogen) atoms. The first kappa shape index (κ1) is 10.2. The fourth-order valence-electron chi connectivity index (χ4n) is 1.59. The van der Waals surface area contributed by atoms with Crippen molar-refractivity contribution in [1.29, 1.82) is 5.26 Å². The van der Waals surface area contributed by atoms with Crippen LogP contribution >= 0.6 is 0 Å². The third-order valence-electron chi connectivity index (χ3n) is 2.42. The first-order valence-electron chi connectivity index (χ1n) is 4.97. The molecule has 0 amide bonds. The first-order valence-corrected chi connectivity index (χ1v) is 4.97. The van der Waals surface area contributed by atoms with Crippen LogP contribution in [-0.2, 0) is 6.42 Å². The van der Waals surface area contributed by atoms with E-state index in [2.05, 4.69) is 11.1 Å². The highest BCUT2D eigenvalue weighted by Crippen LogP contribution is 2.27. The number of nitrogens with zero attached hydrogens (tertiary/aromatic N) is 2. The van der Waals surface area contributed by atoms with E-state index in [9.17, 15) is 0 Å². The molecule has 0 atom stereocenters. The van der Waals surface area contributed by atoms with Gasteiger partial charge in [0.15, 0.2) is 0 Å². The Hall–Kier alpha value is -2.34. The van der Waals surface area contributed by atoms with Crippen molar-refractivity contribution in [3.8, 4) is 17.2 Å². The van der Waals surface area contributed by atoms with E-state index in [1.54, 1.807) is 12.4 Å². The molecular formula is C13H11N3. The Labute approximate surface area is 94.2 Å². The van der Waals surface area contributed by atoms with Crippen molar-refractivity contribution in [1.82, 2.24) is 4.98 Å². The molecule has 0 aliphatic rings. The minimum Gasteiger partial charge on any atom is -0.398 e. The van der Waals surface area contributed by atoms with Gasteiger partial charge in [0.05, 0.1) is 12.5 Å². The average molecular weight is 209 g/mol. The molecule has 3 heteroatoms. The van der Waals surface area contributed by atoms with E-state index >= 15 is 0 Å². The summed E-state index contributed by atoms with van der Waals surface area (Å²) in [7, 11) is 0. The van der Waals surface area contributed by atoms with Gasteiger partial charge in [0.1, 0.15) is 0 Å². The van der Waals surface area contributed by atoms with Crippen molar-refractivity contribution in [2.75, 3.05) is 5.73 Å². The maximum atomic E-state index is 8.67. The summed E-state index contributed by atoms with van der Waals surface area (Å²) in [4.78, 5) is 4.11. The summed E-state index contributed by atoms with van der Waals surface area (Å²) >= 11 is 0. The van der Waals surface area contributed by atoms with Crippen LogP contribution in [0.3, 0.4) is 0 Å². The zero-order chi connectivity index (χ0) is 11.4. The Bertz CT molecular complexity index is 527. The predicted octanol–water partition coefficient (Wildman–Crippen LogP) is 2.40. The Kier molecular flexibility index (Phi) is 2.84. The SMILES string of the molecule is N#CCc1cncc(-c2ccccc2)c1N. The van der Waals surface area contributed by atoms with E-state index in [4.69, 9.17) is 11.0 Å². The fourth-order valence-corrected chi connectivity index (χ4v) is 1.59. The number of aromatic nitrogens is 1. The van der Waals surface area contributed by atoms with Gasteiger partial charge in [-0.25, -0.2) is 0 Å². The molecule has 1 aromatic carbocycles. The predicted molar refractivity (Wildman–Crippen MR) is 63.4 cm³/mol. The topological polar surface area (TPSA) is 62.7 Å². The fraction of sp³-hybridized carbons (Fsp3) is 0.0769. The lowest BCUT2D eigenvalue weighted by atomic mass is 10.0. The molecule has 0 spiro atoms. The normalized spacial score (nSPS) is 9.69. The van der Waals surface area contributed by atoms with Crippen LogP contribution in [0.5, 0.6) is 0 Å². The standard InChI is InChI=1S/C13H11N3/c14-7-6-11-8-16-9-12(13(11)15)10-4-2-1-3-5-10/h1-5,8-9H,6H2,(H2,15,16). The van der Waals surface area contributed by atoms with E-state index in [1.807, 2.05) is 30.3 Å². The highest BCUT2D eigenvalue weighted by molar-refractivity contribution is 5.77. The van der Waals surface area contributed by atoms with E-state index in [1.165, 1.54) is 0 Å². The van der Waals surface area contributed by atoms with E-state index in [-0.39, 0.29) is 0 Å². The number of nitrogen functional groups attached to an aromatic ring is 1. The van der Waals surface area contributed by atoms with Crippen molar-refractivity contribution in [3.63, 3.8) is 0 Å². The van der Waals surface area contributed by atoms with Crippen LogP contribution in [0.2, 0.25) is 0 Å². The molecule has 0 saturated heterocycles. The van der Waals surface area contributed by atoms with Gasteiger partial charge in [0.2, 0.25) is 0 Å². The van der Waals surface area contributed by atoms with Gasteiger partial charge >= 0.3 is 0 Å². The summed E-state index contributed by atoms with van der Waals surface area (Å²) in [6, 6.07) is 11.9. The Morgan fingerprint density at radius 2 is 1.94 bits per heavy atom. The molecule has 1 aromatic heterocycles. The third-order valence-corrected chi connectivity index (χ3v) is 2.42. The van der Waals surface area contributed by atoms with Crippen molar-refractivity contribution < 1.29 is 0 Å². The number of pyridine rings is 1. The molecule has 0 aliphatic carbocycles. The largest absolute Gasteiger partial charge is 0.398 e. The minimum atomic E-state index is 0.291. The molecule has 2 rings (SSSR count). The molecule has 0 unspecified atom stereocenters. The molecule has 0 radical (unpaired) electrons. The van der Waals surface area contributed by atoms with Crippen LogP contribution < -0.4 is 5.73 Å². The Balaban J connectivity index is 2.51. The number of benzene rings is 1. The quantitative estimate of drug-likeness (QED) is 0.826. The molecule has 0 aliphatic heterocycles. The van der Waals surface area contributed by atoms with Crippen LogP contribution in [0.15, 0.2) is 42.7 Å². The monoisotopic (exact) mass is 209 g/mol. The summed E-state index contributed by atoms with van der Waals surface area (Å²) in [5.74, 6) is 0. The number of anilines is 1. The van der Waals surface area contributed by atoms with Gasteiger partial charge in [0.25, 0.3) is 0 Å². The van der Waals surface area contributed by atoms with Crippen LogP contribution in [0, 0.1) is 11.3 Å². The molecule has 1 heterocycles. The highest BCUT2D eigenvalue weighted by Gasteiger charge is 2.06. The minimum absolute atomic E-state index is 0.291. The summed E-state index contributed by atoms with van der Waals surface area (Å²) < 4.78 is 0. The molecule has 0 bridgehead atoms. The number of hydrogen-bond acceptors (Lipinski definition) is 3. The first-order chi connectivity index (χ1) is 7.83. The molecule has 2 aromatic rings. The number of hydrogen-bond donors (Lipinski definition) is 1.